The fraction of sp³-hybridized carbons (Fsp3) is 0.364. The van der Waals surface area contributed by atoms with Gasteiger partial charge in [0.15, 0.2) is 0 Å². The molecular formula is C11H11F3O2S. The van der Waals surface area contributed by atoms with Crippen LogP contribution in [0.3, 0.4) is 0 Å². The molecule has 0 amide bonds. The Morgan fingerprint density at radius 1 is 1.41 bits per heavy atom. The van der Waals surface area contributed by atoms with E-state index in [9.17, 15) is 18.0 Å². The van der Waals surface area contributed by atoms with E-state index >= 15 is 0 Å². The number of carboxylic acid groups (broad SMARTS) is 1. The highest BCUT2D eigenvalue weighted by Gasteiger charge is 2.29. The van der Waals surface area contributed by atoms with Crippen molar-refractivity contribution in [2.24, 2.45) is 0 Å². The number of rotatable bonds is 4. The van der Waals surface area contributed by atoms with Crippen LogP contribution in [0.2, 0.25) is 0 Å². The maximum atomic E-state index is 12.2. The van der Waals surface area contributed by atoms with E-state index in [1.54, 1.807) is 13.0 Å². The van der Waals surface area contributed by atoms with E-state index in [-0.39, 0.29) is 29.5 Å². The lowest BCUT2D eigenvalue weighted by Gasteiger charge is -2.09. The molecule has 0 fully saturated rings. The van der Waals surface area contributed by atoms with Crippen LogP contribution in [0.25, 0.3) is 0 Å². The van der Waals surface area contributed by atoms with Crippen LogP contribution in [-0.2, 0) is 11.2 Å². The number of aliphatic carboxylic acids is 1. The summed E-state index contributed by atoms with van der Waals surface area (Å²) in [4.78, 5) is 10.5. The van der Waals surface area contributed by atoms with Gasteiger partial charge in [-0.05, 0) is 48.4 Å². The zero-order valence-electron chi connectivity index (χ0n) is 9.04. The summed E-state index contributed by atoms with van der Waals surface area (Å²) < 4.78 is 36.5. The van der Waals surface area contributed by atoms with Crippen molar-refractivity contribution in [2.75, 3.05) is 0 Å². The first-order valence-corrected chi connectivity index (χ1v) is 5.66. The first kappa shape index (κ1) is 13.9. The molecule has 1 rings (SSSR count). The summed E-state index contributed by atoms with van der Waals surface area (Å²) in [6.45, 7) is 1.75. The van der Waals surface area contributed by atoms with Gasteiger partial charge in [-0.25, -0.2) is 0 Å². The zero-order chi connectivity index (χ0) is 13.1. The highest BCUT2D eigenvalue weighted by Crippen LogP contribution is 2.37. The van der Waals surface area contributed by atoms with E-state index in [1.165, 1.54) is 12.1 Å². The summed E-state index contributed by atoms with van der Waals surface area (Å²) in [7, 11) is 0. The number of carboxylic acids is 1. The molecule has 1 aromatic rings. The number of hydrogen-bond acceptors (Lipinski definition) is 2. The number of benzene rings is 1. The molecule has 0 bridgehead atoms. The third-order valence-electron chi connectivity index (χ3n) is 2.16. The Labute approximate surface area is 101 Å². The third kappa shape index (κ3) is 5.12. The van der Waals surface area contributed by atoms with Crippen LogP contribution in [0.4, 0.5) is 13.2 Å². The van der Waals surface area contributed by atoms with Crippen molar-refractivity contribution in [1.29, 1.82) is 0 Å². The second-order valence-electron chi connectivity index (χ2n) is 3.53. The van der Waals surface area contributed by atoms with Crippen molar-refractivity contribution in [1.82, 2.24) is 0 Å². The first-order valence-electron chi connectivity index (χ1n) is 4.85. The number of alkyl halides is 3. The number of aryl methyl sites for hydroxylation is 2. The average Bonchev–Trinajstić information content (AvgIpc) is 2.16. The van der Waals surface area contributed by atoms with Gasteiger partial charge in [0.1, 0.15) is 0 Å². The maximum Gasteiger partial charge on any atom is 0.446 e. The molecule has 0 aromatic heterocycles. The molecule has 1 aromatic carbocycles. The largest absolute Gasteiger partial charge is 0.481 e. The van der Waals surface area contributed by atoms with E-state index in [2.05, 4.69) is 0 Å². The van der Waals surface area contributed by atoms with Crippen LogP contribution in [-0.4, -0.2) is 16.6 Å². The van der Waals surface area contributed by atoms with Crippen molar-refractivity contribution in [2.45, 2.75) is 30.2 Å². The van der Waals surface area contributed by atoms with Gasteiger partial charge in [-0.1, -0.05) is 6.07 Å². The molecule has 2 nitrogen and oxygen atoms in total. The Bertz CT molecular complexity index is 416. The van der Waals surface area contributed by atoms with Gasteiger partial charge in [0, 0.05) is 11.3 Å². The molecule has 0 saturated heterocycles. The molecule has 0 heterocycles. The normalized spacial score (nSPS) is 11.5. The molecule has 94 valence electrons. The predicted molar refractivity (Wildman–Crippen MR) is 59.0 cm³/mol. The second-order valence-corrected chi connectivity index (χ2v) is 4.67. The highest BCUT2D eigenvalue weighted by molar-refractivity contribution is 8.00. The van der Waals surface area contributed by atoms with Crippen LogP contribution in [0.15, 0.2) is 23.1 Å². The second kappa shape index (κ2) is 5.44. The fourth-order valence-corrected chi connectivity index (χ4v) is 1.96. The Hall–Kier alpha value is -1.17. The summed E-state index contributed by atoms with van der Waals surface area (Å²) >= 11 is -0.190. The highest BCUT2D eigenvalue weighted by atomic mass is 32.2. The molecule has 1 N–H and O–H groups in total. The van der Waals surface area contributed by atoms with Crippen molar-refractivity contribution in [3.8, 4) is 0 Å². The molecule has 0 aliphatic heterocycles. The Balaban J connectivity index is 2.83. The van der Waals surface area contributed by atoms with Crippen molar-refractivity contribution in [3.63, 3.8) is 0 Å². The minimum absolute atomic E-state index is 0.0824. The van der Waals surface area contributed by atoms with Crippen LogP contribution in [0.1, 0.15) is 17.5 Å². The van der Waals surface area contributed by atoms with Gasteiger partial charge in [-0.3, -0.25) is 4.79 Å². The first-order chi connectivity index (χ1) is 7.78. The molecule has 0 aliphatic rings. The Kier molecular flexibility index (Phi) is 4.45. The summed E-state index contributed by atoms with van der Waals surface area (Å²) in [6.07, 6.45) is 0.161. The minimum atomic E-state index is -4.32. The lowest BCUT2D eigenvalue weighted by atomic mass is 10.0. The topological polar surface area (TPSA) is 37.3 Å². The van der Waals surface area contributed by atoms with E-state index in [0.717, 1.165) is 5.56 Å². The van der Waals surface area contributed by atoms with Gasteiger partial charge >= 0.3 is 11.5 Å². The maximum absolute atomic E-state index is 12.2. The molecule has 0 unspecified atom stereocenters. The molecule has 0 radical (unpaired) electrons. The summed E-state index contributed by atoms with van der Waals surface area (Å²) in [5.74, 6) is -0.960. The predicted octanol–water partition coefficient (Wildman–Crippen LogP) is 3.62. The monoisotopic (exact) mass is 264 g/mol. The quantitative estimate of drug-likeness (QED) is 0.844. The lowest BCUT2D eigenvalue weighted by molar-refractivity contribution is -0.136. The van der Waals surface area contributed by atoms with E-state index in [0.29, 0.717) is 5.56 Å². The average molecular weight is 264 g/mol. The molecular weight excluding hydrogens is 253 g/mol. The zero-order valence-corrected chi connectivity index (χ0v) is 9.86. The summed E-state index contributed by atoms with van der Waals surface area (Å²) in [5.41, 5.74) is -2.88. The van der Waals surface area contributed by atoms with Gasteiger partial charge in [0.05, 0.1) is 0 Å². The molecule has 0 saturated carbocycles. The smallest absolute Gasteiger partial charge is 0.446 e. The Morgan fingerprint density at radius 2 is 2.06 bits per heavy atom. The van der Waals surface area contributed by atoms with Crippen LogP contribution < -0.4 is 0 Å². The van der Waals surface area contributed by atoms with Crippen LogP contribution >= 0.6 is 11.8 Å². The van der Waals surface area contributed by atoms with Crippen LogP contribution in [0, 0.1) is 6.92 Å². The van der Waals surface area contributed by atoms with Gasteiger partial charge in [0.2, 0.25) is 0 Å². The summed E-state index contributed by atoms with van der Waals surface area (Å²) in [5, 5.41) is 8.54. The number of halogens is 3. The number of thioether (sulfide) groups is 1. The van der Waals surface area contributed by atoms with Gasteiger partial charge in [-0.2, -0.15) is 13.2 Å². The number of hydrogen-bond donors (Lipinski definition) is 1. The van der Waals surface area contributed by atoms with Crippen molar-refractivity contribution < 1.29 is 23.1 Å². The third-order valence-corrected chi connectivity index (χ3v) is 2.88. The molecule has 0 atom stereocenters. The standard InChI is InChI=1S/C11H11F3O2S/c1-7-2-4-9(17-11(12,13)14)6-8(7)3-5-10(15)16/h2,4,6H,3,5H2,1H3,(H,15,16). The summed E-state index contributed by atoms with van der Waals surface area (Å²) in [6, 6.07) is 4.36. The number of carbonyl (C=O) groups is 1. The molecule has 0 spiro atoms. The Morgan fingerprint density at radius 3 is 2.59 bits per heavy atom. The van der Waals surface area contributed by atoms with Crippen molar-refractivity contribution in [3.05, 3.63) is 29.3 Å². The molecule has 6 heteroatoms. The van der Waals surface area contributed by atoms with Crippen LogP contribution in [0.5, 0.6) is 0 Å². The van der Waals surface area contributed by atoms with Gasteiger partial charge in [-0.15, -0.1) is 0 Å². The van der Waals surface area contributed by atoms with E-state index < -0.39 is 11.5 Å². The van der Waals surface area contributed by atoms with Gasteiger partial charge < -0.3 is 5.11 Å². The SMILES string of the molecule is Cc1ccc(SC(F)(F)F)cc1CCC(=O)O. The lowest BCUT2D eigenvalue weighted by Crippen LogP contribution is -2.01. The van der Waals surface area contributed by atoms with E-state index in [1.807, 2.05) is 0 Å². The van der Waals surface area contributed by atoms with Crippen molar-refractivity contribution >= 4 is 17.7 Å². The van der Waals surface area contributed by atoms with E-state index in [4.69, 9.17) is 5.11 Å². The molecule has 17 heavy (non-hydrogen) atoms. The molecule has 0 aliphatic carbocycles. The minimum Gasteiger partial charge on any atom is -0.481 e. The van der Waals surface area contributed by atoms with Gasteiger partial charge in [0.25, 0.3) is 0 Å². The fourth-order valence-electron chi connectivity index (χ4n) is 1.36.